The zero-order valence-corrected chi connectivity index (χ0v) is 15.9. The smallest absolute Gasteiger partial charge is 0.408 e. The van der Waals surface area contributed by atoms with Crippen LogP contribution in [-0.2, 0) is 27.3 Å². The number of carbonyl (C=O) groups excluding carboxylic acids is 2. The van der Waals surface area contributed by atoms with Crippen molar-refractivity contribution in [2.24, 2.45) is 0 Å². The van der Waals surface area contributed by atoms with Gasteiger partial charge in [-0.25, -0.2) is 9.59 Å². The van der Waals surface area contributed by atoms with E-state index in [1.807, 2.05) is 42.5 Å². The van der Waals surface area contributed by atoms with Gasteiger partial charge in [0.2, 0.25) is 0 Å². The number of hydrogen-bond acceptors (Lipinski definition) is 5. The molecule has 0 radical (unpaired) electrons. The molecule has 0 spiro atoms. The Kier molecular flexibility index (Phi) is 6.82. The van der Waals surface area contributed by atoms with Gasteiger partial charge in [-0.15, -0.1) is 0 Å². The van der Waals surface area contributed by atoms with Crippen molar-refractivity contribution >= 4 is 17.7 Å². The zero-order valence-electron chi connectivity index (χ0n) is 15.9. The summed E-state index contributed by atoms with van der Waals surface area (Å²) in [4.78, 5) is 24.7. The predicted molar refractivity (Wildman–Crippen MR) is 104 cm³/mol. The molecule has 2 rings (SSSR count). The zero-order chi connectivity index (χ0) is 19.9. The van der Waals surface area contributed by atoms with E-state index in [9.17, 15) is 9.59 Å². The Morgan fingerprint density at radius 2 is 1.63 bits per heavy atom. The number of ether oxygens (including phenoxy) is 2. The lowest BCUT2D eigenvalue weighted by Crippen LogP contribution is -2.45. The molecule has 2 aromatic rings. The van der Waals surface area contributed by atoms with E-state index in [-0.39, 0.29) is 13.0 Å². The first-order valence-electron chi connectivity index (χ1n) is 8.77. The molecule has 2 aromatic carbocycles. The predicted octanol–water partition coefficient (Wildman–Crippen LogP) is 3.45. The minimum atomic E-state index is -0.868. The SMILES string of the molecule is CC(C)(C)OC(=O)N[C@@H](Cc1ccc(N)cc1)C(=O)OCc1ccccc1. The van der Waals surface area contributed by atoms with Crippen molar-refractivity contribution in [2.45, 2.75) is 45.4 Å². The lowest BCUT2D eigenvalue weighted by Gasteiger charge is -2.23. The number of alkyl carbamates (subject to hydrolysis) is 1. The molecule has 0 aliphatic rings. The fourth-order valence-corrected chi connectivity index (χ4v) is 2.36. The molecule has 0 unspecified atom stereocenters. The number of nitrogen functional groups attached to an aromatic ring is 1. The van der Waals surface area contributed by atoms with Crippen LogP contribution in [0.25, 0.3) is 0 Å². The number of rotatable bonds is 6. The molecule has 1 atom stereocenters. The summed E-state index contributed by atoms with van der Waals surface area (Å²) >= 11 is 0. The first kappa shape index (κ1) is 20.3. The minimum absolute atomic E-state index is 0.133. The van der Waals surface area contributed by atoms with Gasteiger partial charge in [0, 0.05) is 12.1 Å². The minimum Gasteiger partial charge on any atom is -0.459 e. The summed E-state index contributed by atoms with van der Waals surface area (Å²) in [5.74, 6) is -0.526. The van der Waals surface area contributed by atoms with E-state index >= 15 is 0 Å². The summed E-state index contributed by atoms with van der Waals surface area (Å²) in [6.07, 6.45) is -0.396. The quantitative estimate of drug-likeness (QED) is 0.600. The van der Waals surface area contributed by atoms with Crippen molar-refractivity contribution in [3.63, 3.8) is 0 Å². The van der Waals surface area contributed by atoms with Crippen LogP contribution in [0.15, 0.2) is 54.6 Å². The summed E-state index contributed by atoms with van der Waals surface area (Å²) in [6.45, 7) is 5.41. The second-order valence-electron chi connectivity index (χ2n) is 7.24. The lowest BCUT2D eigenvalue weighted by atomic mass is 10.1. The molecule has 27 heavy (non-hydrogen) atoms. The summed E-state index contributed by atoms with van der Waals surface area (Å²) in [5, 5.41) is 2.61. The number of amides is 1. The lowest BCUT2D eigenvalue weighted by molar-refractivity contribution is -0.147. The summed E-state index contributed by atoms with van der Waals surface area (Å²) in [7, 11) is 0. The van der Waals surface area contributed by atoms with Gasteiger partial charge in [0.15, 0.2) is 0 Å². The molecule has 0 aromatic heterocycles. The van der Waals surface area contributed by atoms with Gasteiger partial charge in [0.05, 0.1) is 0 Å². The molecule has 0 bridgehead atoms. The first-order valence-corrected chi connectivity index (χ1v) is 8.77. The molecular weight excluding hydrogens is 344 g/mol. The highest BCUT2D eigenvalue weighted by Crippen LogP contribution is 2.12. The van der Waals surface area contributed by atoms with Gasteiger partial charge in [-0.3, -0.25) is 0 Å². The van der Waals surface area contributed by atoms with Crippen LogP contribution < -0.4 is 11.1 Å². The van der Waals surface area contributed by atoms with Gasteiger partial charge >= 0.3 is 12.1 Å². The van der Waals surface area contributed by atoms with E-state index in [0.717, 1.165) is 11.1 Å². The van der Waals surface area contributed by atoms with E-state index in [1.54, 1.807) is 32.9 Å². The third kappa shape index (κ3) is 7.40. The molecular formula is C21H26N2O4. The Hall–Kier alpha value is -3.02. The first-order chi connectivity index (χ1) is 12.7. The van der Waals surface area contributed by atoms with E-state index in [4.69, 9.17) is 15.2 Å². The van der Waals surface area contributed by atoms with Gasteiger partial charge < -0.3 is 20.5 Å². The molecule has 6 nitrogen and oxygen atoms in total. The Morgan fingerprint density at radius 1 is 1.00 bits per heavy atom. The third-order valence-electron chi connectivity index (χ3n) is 3.62. The number of nitrogens with one attached hydrogen (secondary N) is 1. The number of hydrogen-bond donors (Lipinski definition) is 2. The van der Waals surface area contributed by atoms with E-state index in [0.29, 0.717) is 5.69 Å². The van der Waals surface area contributed by atoms with E-state index < -0.39 is 23.7 Å². The van der Waals surface area contributed by atoms with E-state index in [1.165, 1.54) is 0 Å². The van der Waals surface area contributed by atoms with Crippen LogP contribution in [0, 0.1) is 0 Å². The summed E-state index contributed by atoms with van der Waals surface area (Å²) in [5.41, 5.74) is 7.38. The monoisotopic (exact) mass is 370 g/mol. The summed E-state index contributed by atoms with van der Waals surface area (Å²) in [6, 6.07) is 15.6. The maximum absolute atomic E-state index is 12.6. The molecule has 0 saturated carbocycles. The van der Waals surface area contributed by atoms with Crippen LogP contribution in [0.4, 0.5) is 10.5 Å². The van der Waals surface area contributed by atoms with Crippen molar-refractivity contribution < 1.29 is 19.1 Å². The molecule has 0 saturated heterocycles. The standard InChI is InChI=1S/C21H26N2O4/c1-21(2,3)27-20(25)23-18(13-15-9-11-17(22)12-10-15)19(24)26-14-16-7-5-4-6-8-16/h4-12,18H,13-14,22H2,1-3H3,(H,23,25)/t18-/m0/s1. The molecule has 0 fully saturated rings. The van der Waals surface area contributed by atoms with Crippen LogP contribution in [0.2, 0.25) is 0 Å². The fourth-order valence-electron chi connectivity index (χ4n) is 2.36. The average Bonchev–Trinajstić information content (AvgIpc) is 2.60. The Morgan fingerprint density at radius 3 is 2.22 bits per heavy atom. The van der Waals surface area contributed by atoms with Gasteiger partial charge in [-0.2, -0.15) is 0 Å². The highest BCUT2D eigenvalue weighted by molar-refractivity contribution is 5.81. The number of benzene rings is 2. The van der Waals surface area contributed by atoms with Crippen LogP contribution in [-0.4, -0.2) is 23.7 Å². The average molecular weight is 370 g/mol. The Bertz CT molecular complexity index is 752. The van der Waals surface area contributed by atoms with Crippen molar-refractivity contribution in [3.8, 4) is 0 Å². The number of nitrogens with two attached hydrogens (primary N) is 1. The second-order valence-corrected chi connectivity index (χ2v) is 7.24. The second kappa shape index (κ2) is 9.07. The van der Waals surface area contributed by atoms with Crippen LogP contribution in [0.3, 0.4) is 0 Å². The molecule has 0 aliphatic carbocycles. The summed E-state index contributed by atoms with van der Waals surface area (Å²) < 4.78 is 10.6. The highest BCUT2D eigenvalue weighted by Gasteiger charge is 2.26. The van der Waals surface area contributed by atoms with E-state index in [2.05, 4.69) is 5.32 Å². The van der Waals surface area contributed by atoms with Crippen molar-refractivity contribution in [1.82, 2.24) is 5.32 Å². The van der Waals surface area contributed by atoms with Crippen molar-refractivity contribution in [3.05, 3.63) is 65.7 Å². The third-order valence-corrected chi connectivity index (χ3v) is 3.62. The highest BCUT2D eigenvalue weighted by atomic mass is 16.6. The van der Waals surface area contributed by atoms with Gasteiger partial charge in [-0.05, 0) is 44.0 Å². The molecule has 6 heteroatoms. The van der Waals surface area contributed by atoms with Crippen LogP contribution in [0.1, 0.15) is 31.9 Å². The maximum atomic E-state index is 12.6. The Labute approximate surface area is 159 Å². The fraction of sp³-hybridized carbons (Fsp3) is 0.333. The largest absolute Gasteiger partial charge is 0.459 e. The number of esters is 1. The van der Waals surface area contributed by atoms with Gasteiger partial charge in [-0.1, -0.05) is 42.5 Å². The van der Waals surface area contributed by atoms with Gasteiger partial charge in [0.1, 0.15) is 18.2 Å². The van der Waals surface area contributed by atoms with Crippen molar-refractivity contribution in [1.29, 1.82) is 0 Å². The molecule has 1 amide bonds. The molecule has 0 heterocycles. The maximum Gasteiger partial charge on any atom is 0.408 e. The van der Waals surface area contributed by atoms with Crippen molar-refractivity contribution in [2.75, 3.05) is 5.73 Å². The molecule has 0 aliphatic heterocycles. The Balaban J connectivity index is 2.06. The number of carbonyl (C=O) groups is 2. The molecule has 144 valence electrons. The van der Waals surface area contributed by atoms with Gasteiger partial charge in [0.25, 0.3) is 0 Å². The van der Waals surface area contributed by atoms with Crippen LogP contribution in [0.5, 0.6) is 0 Å². The number of anilines is 1. The molecule has 3 N–H and O–H groups in total. The normalized spacial score (nSPS) is 12.1. The topological polar surface area (TPSA) is 90.6 Å². The van der Waals surface area contributed by atoms with Crippen LogP contribution >= 0.6 is 0 Å².